The lowest BCUT2D eigenvalue weighted by Crippen LogP contribution is -2.12. The van der Waals surface area contributed by atoms with E-state index in [1.807, 2.05) is 0 Å². The average molecular weight is 263 g/mol. The Balaban J connectivity index is 0.000000200. The molecule has 8 nitrogen and oxygen atoms in total. The van der Waals surface area contributed by atoms with Crippen LogP contribution in [-0.4, -0.2) is 32.2 Å². The molecule has 0 saturated heterocycles. The maximum Gasteiger partial charge on any atom is 0.307 e. The Morgan fingerprint density at radius 2 is 2.11 bits per heavy atom. The Morgan fingerprint density at radius 1 is 1.37 bits per heavy atom. The third-order valence-corrected chi connectivity index (χ3v) is 1.94. The van der Waals surface area contributed by atoms with Gasteiger partial charge in [-0.3, -0.25) is 14.7 Å². The molecular weight excluding hydrogens is 250 g/mol. The first-order valence-electron chi connectivity index (χ1n) is 5.21. The number of nitrogens with two attached hydrogens (primary N) is 2. The topological polar surface area (TPSA) is 148 Å². The number of hydrogen-bond donors (Lipinski definition) is 4. The fourth-order valence-electron chi connectivity index (χ4n) is 1.21. The summed E-state index contributed by atoms with van der Waals surface area (Å²) in [5.41, 5.74) is 11.6. The van der Waals surface area contributed by atoms with Gasteiger partial charge in [-0.15, -0.1) is 5.10 Å². The molecule has 0 aliphatic carbocycles. The van der Waals surface area contributed by atoms with Crippen LogP contribution in [0.4, 0.5) is 5.69 Å². The van der Waals surface area contributed by atoms with E-state index < -0.39 is 11.9 Å². The lowest BCUT2D eigenvalue weighted by Gasteiger charge is -1.96. The van der Waals surface area contributed by atoms with Crippen LogP contribution in [0.3, 0.4) is 0 Å². The number of carbonyl (C=O) groups excluding carboxylic acids is 1. The summed E-state index contributed by atoms with van der Waals surface area (Å²) in [5.74, 6) is -1.44. The number of carboxylic acids is 1. The van der Waals surface area contributed by atoms with E-state index in [9.17, 15) is 9.59 Å². The first-order valence-corrected chi connectivity index (χ1v) is 5.21. The summed E-state index contributed by atoms with van der Waals surface area (Å²) in [5, 5.41) is 14.2. The van der Waals surface area contributed by atoms with E-state index >= 15 is 0 Å². The van der Waals surface area contributed by atoms with Gasteiger partial charge in [0.1, 0.15) is 6.33 Å². The number of carbonyl (C=O) groups is 2. The van der Waals surface area contributed by atoms with Crippen LogP contribution in [0.2, 0.25) is 0 Å². The number of primary amides is 1. The minimum absolute atomic E-state index is 0.0185. The van der Waals surface area contributed by atoms with E-state index in [2.05, 4.69) is 15.2 Å². The molecule has 0 radical (unpaired) electrons. The van der Waals surface area contributed by atoms with Gasteiger partial charge in [0.25, 0.3) is 5.91 Å². The molecule has 6 N–H and O–H groups in total. The molecule has 1 amide bonds. The molecular formula is C11H13N5O3. The quantitative estimate of drug-likeness (QED) is 0.563. The highest BCUT2D eigenvalue weighted by Crippen LogP contribution is 2.06. The number of nitrogen functional groups attached to an aromatic ring is 1. The third kappa shape index (κ3) is 5.31. The molecule has 0 aliphatic heterocycles. The monoisotopic (exact) mass is 263 g/mol. The SMILES string of the molecule is NC(=O)c1nc[nH]n1.Nc1cccc(CC(=O)O)c1. The standard InChI is InChI=1S/C8H9NO2.C3H4N4O/c9-7-3-1-2-6(4-7)5-8(10)11;4-2(8)3-5-1-6-7-3/h1-4H,5,9H2,(H,10,11);1H,(H2,4,8)(H,5,6,7). The van der Waals surface area contributed by atoms with E-state index in [1.54, 1.807) is 24.3 Å². The summed E-state index contributed by atoms with van der Waals surface area (Å²) in [6.45, 7) is 0. The van der Waals surface area contributed by atoms with Crippen molar-refractivity contribution in [3.63, 3.8) is 0 Å². The van der Waals surface area contributed by atoms with Gasteiger partial charge in [0.05, 0.1) is 6.42 Å². The molecule has 8 heteroatoms. The van der Waals surface area contributed by atoms with Gasteiger partial charge < -0.3 is 16.6 Å². The molecule has 2 rings (SSSR count). The smallest absolute Gasteiger partial charge is 0.307 e. The van der Waals surface area contributed by atoms with Gasteiger partial charge in [0.2, 0.25) is 5.82 Å². The number of hydrogen-bond acceptors (Lipinski definition) is 5. The summed E-state index contributed by atoms with van der Waals surface area (Å²) in [6, 6.07) is 6.87. The predicted molar refractivity (Wildman–Crippen MR) is 67.1 cm³/mol. The Bertz CT molecular complexity index is 553. The molecule has 0 fully saturated rings. The van der Waals surface area contributed by atoms with Gasteiger partial charge in [0, 0.05) is 5.69 Å². The van der Waals surface area contributed by atoms with E-state index in [4.69, 9.17) is 16.6 Å². The molecule has 100 valence electrons. The molecule has 0 unspecified atom stereocenters. The Kier molecular flexibility index (Phi) is 5.03. The number of amides is 1. The normalized spacial score (nSPS) is 9.26. The van der Waals surface area contributed by atoms with Crippen LogP contribution >= 0.6 is 0 Å². The summed E-state index contributed by atoms with van der Waals surface area (Å²) in [7, 11) is 0. The Labute approximate surface area is 108 Å². The van der Waals surface area contributed by atoms with Crippen molar-refractivity contribution in [2.45, 2.75) is 6.42 Å². The number of rotatable bonds is 3. The summed E-state index contributed by atoms with van der Waals surface area (Å²) in [4.78, 5) is 23.9. The zero-order valence-corrected chi connectivity index (χ0v) is 9.91. The van der Waals surface area contributed by atoms with Gasteiger partial charge in [-0.05, 0) is 17.7 Å². The second kappa shape index (κ2) is 6.74. The number of aliphatic carboxylic acids is 1. The van der Waals surface area contributed by atoms with Gasteiger partial charge >= 0.3 is 5.97 Å². The second-order valence-corrected chi connectivity index (χ2v) is 3.50. The molecule has 0 saturated carbocycles. The number of nitrogens with one attached hydrogen (secondary N) is 1. The van der Waals surface area contributed by atoms with Crippen LogP contribution in [0.25, 0.3) is 0 Å². The number of benzene rings is 1. The first-order chi connectivity index (χ1) is 8.99. The predicted octanol–water partition coefficient (Wildman–Crippen LogP) is -0.201. The molecule has 1 heterocycles. The summed E-state index contributed by atoms with van der Waals surface area (Å²) in [6.07, 6.45) is 1.32. The highest BCUT2D eigenvalue weighted by Gasteiger charge is 2.00. The van der Waals surface area contributed by atoms with Crippen LogP contribution in [0.15, 0.2) is 30.6 Å². The number of H-pyrrole nitrogens is 1. The molecule has 0 bridgehead atoms. The fourth-order valence-corrected chi connectivity index (χ4v) is 1.21. The minimum Gasteiger partial charge on any atom is -0.481 e. The maximum atomic E-state index is 10.2. The average Bonchev–Trinajstić information content (AvgIpc) is 2.82. The molecule has 19 heavy (non-hydrogen) atoms. The molecule has 1 aromatic heterocycles. The maximum absolute atomic E-state index is 10.2. The van der Waals surface area contributed by atoms with Crippen LogP contribution in [0.5, 0.6) is 0 Å². The van der Waals surface area contributed by atoms with E-state index in [-0.39, 0.29) is 12.2 Å². The number of carboxylic acid groups (broad SMARTS) is 1. The summed E-state index contributed by atoms with van der Waals surface area (Å²) < 4.78 is 0. The Morgan fingerprint density at radius 3 is 2.53 bits per heavy atom. The van der Waals surface area contributed by atoms with E-state index in [0.717, 1.165) is 5.56 Å². The van der Waals surface area contributed by atoms with E-state index in [1.165, 1.54) is 6.33 Å². The largest absolute Gasteiger partial charge is 0.481 e. The first kappa shape index (κ1) is 14.2. The zero-order valence-electron chi connectivity index (χ0n) is 9.91. The number of aromatic nitrogens is 3. The van der Waals surface area contributed by atoms with Crippen LogP contribution in [0.1, 0.15) is 16.2 Å². The van der Waals surface area contributed by atoms with Crippen molar-refractivity contribution in [3.8, 4) is 0 Å². The molecule has 0 aliphatic rings. The lowest BCUT2D eigenvalue weighted by atomic mass is 10.1. The van der Waals surface area contributed by atoms with Crippen LogP contribution < -0.4 is 11.5 Å². The Hall–Kier alpha value is -2.90. The fraction of sp³-hybridized carbons (Fsp3) is 0.0909. The van der Waals surface area contributed by atoms with Crippen LogP contribution in [0, 0.1) is 0 Å². The highest BCUT2D eigenvalue weighted by atomic mass is 16.4. The van der Waals surface area contributed by atoms with E-state index in [0.29, 0.717) is 5.69 Å². The van der Waals surface area contributed by atoms with Crippen molar-refractivity contribution in [2.75, 3.05) is 5.73 Å². The highest BCUT2D eigenvalue weighted by molar-refractivity contribution is 5.88. The molecule has 2 aromatic rings. The number of nitrogens with zero attached hydrogens (tertiary/aromatic N) is 2. The number of aromatic amines is 1. The minimum atomic E-state index is -0.837. The number of anilines is 1. The van der Waals surface area contributed by atoms with Crippen molar-refractivity contribution in [1.29, 1.82) is 0 Å². The van der Waals surface area contributed by atoms with Gasteiger partial charge in [-0.2, -0.15) is 0 Å². The van der Waals surface area contributed by atoms with Crippen molar-refractivity contribution in [3.05, 3.63) is 42.0 Å². The lowest BCUT2D eigenvalue weighted by molar-refractivity contribution is -0.136. The molecule has 0 spiro atoms. The van der Waals surface area contributed by atoms with Gasteiger partial charge in [0.15, 0.2) is 0 Å². The zero-order chi connectivity index (χ0) is 14.3. The van der Waals surface area contributed by atoms with Gasteiger partial charge in [-0.25, -0.2) is 4.98 Å². The van der Waals surface area contributed by atoms with Crippen molar-refractivity contribution >= 4 is 17.6 Å². The summed E-state index contributed by atoms with van der Waals surface area (Å²) >= 11 is 0. The second-order valence-electron chi connectivity index (χ2n) is 3.50. The van der Waals surface area contributed by atoms with Crippen molar-refractivity contribution in [2.24, 2.45) is 5.73 Å². The third-order valence-electron chi connectivity index (χ3n) is 1.94. The van der Waals surface area contributed by atoms with Crippen LogP contribution in [-0.2, 0) is 11.2 Å². The molecule has 1 aromatic carbocycles. The van der Waals surface area contributed by atoms with Crippen molar-refractivity contribution in [1.82, 2.24) is 15.2 Å². The molecule has 0 atom stereocenters. The van der Waals surface area contributed by atoms with Gasteiger partial charge in [-0.1, -0.05) is 12.1 Å². The van der Waals surface area contributed by atoms with Crippen molar-refractivity contribution < 1.29 is 14.7 Å².